The number of furan rings is 2. The third-order valence-corrected chi connectivity index (χ3v) is 17.9. The Morgan fingerprint density at radius 2 is 0.740 bits per heavy atom. The van der Waals surface area contributed by atoms with Crippen molar-refractivity contribution in [2.24, 2.45) is 0 Å². The summed E-state index contributed by atoms with van der Waals surface area (Å²) < 4.78 is 18.8. The molecule has 0 N–H and O–H groups in total. The van der Waals surface area contributed by atoms with E-state index >= 15 is 0 Å². The third kappa shape index (κ3) is 5.50. The third-order valence-electron chi connectivity index (χ3n) is 15.6. The van der Waals surface area contributed by atoms with Crippen molar-refractivity contribution in [2.75, 3.05) is 9.80 Å². The standard InChI is InChI=1S/C66H37BN2O2S2/c1-3-16-38(17-4-1)40-30-32-60-62(44-22-9-13-28-58(44)72-60)65(40)68-50-24-15-25-51-64(50)67(48-34-46-42-20-7-11-26-54(42)70-56(46)36-52(48)68)49-35-47-43-21-8-12-27-55(43)71-57(47)37-53(49)69(51)66-41(39-18-5-2-6-19-39)31-33-61-63(66)45-23-10-14-29-59(45)73-61/h1-37H. The molecule has 2 aliphatic heterocycles. The van der Waals surface area contributed by atoms with Crippen LogP contribution in [0.2, 0.25) is 0 Å². The lowest BCUT2D eigenvalue weighted by Crippen LogP contribution is -2.61. The molecule has 0 bridgehead atoms. The van der Waals surface area contributed by atoms with Crippen molar-refractivity contribution >= 4 is 164 Å². The van der Waals surface area contributed by atoms with Gasteiger partial charge in [0.2, 0.25) is 0 Å². The van der Waals surface area contributed by atoms with Crippen molar-refractivity contribution in [3.8, 4) is 22.3 Å². The van der Waals surface area contributed by atoms with Crippen LogP contribution >= 0.6 is 22.7 Å². The highest BCUT2D eigenvalue weighted by molar-refractivity contribution is 7.26. The molecule has 0 unspecified atom stereocenters. The van der Waals surface area contributed by atoms with E-state index < -0.39 is 0 Å². The Morgan fingerprint density at radius 3 is 1.22 bits per heavy atom. The molecule has 0 spiro atoms. The molecule has 2 aliphatic rings. The van der Waals surface area contributed by atoms with E-state index in [1.54, 1.807) is 0 Å². The van der Waals surface area contributed by atoms with Crippen LogP contribution in [0.15, 0.2) is 233 Å². The van der Waals surface area contributed by atoms with Gasteiger partial charge in [-0.1, -0.05) is 164 Å². The highest BCUT2D eigenvalue weighted by atomic mass is 32.1. The van der Waals surface area contributed by atoms with Gasteiger partial charge in [0.25, 0.3) is 6.71 Å². The normalized spacial score (nSPS) is 13.1. The van der Waals surface area contributed by atoms with Gasteiger partial charge in [-0.15, -0.1) is 22.7 Å². The molecule has 4 aromatic heterocycles. The van der Waals surface area contributed by atoms with Gasteiger partial charge in [-0.25, -0.2) is 0 Å². The summed E-state index contributed by atoms with van der Waals surface area (Å²) in [6.07, 6.45) is 0. The molecule has 15 aromatic rings. The molecule has 0 atom stereocenters. The lowest BCUT2D eigenvalue weighted by Gasteiger charge is -2.45. The van der Waals surface area contributed by atoms with Crippen LogP contribution in [0.4, 0.5) is 34.1 Å². The van der Waals surface area contributed by atoms with Crippen LogP contribution in [0.1, 0.15) is 0 Å². The van der Waals surface area contributed by atoms with Crippen molar-refractivity contribution in [3.63, 3.8) is 0 Å². The van der Waals surface area contributed by atoms with Gasteiger partial charge in [0.15, 0.2) is 0 Å². The second-order valence-corrected chi connectivity index (χ2v) is 21.6. The largest absolute Gasteiger partial charge is 0.456 e. The van der Waals surface area contributed by atoms with Crippen LogP contribution in [0.5, 0.6) is 0 Å². The van der Waals surface area contributed by atoms with Gasteiger partial charge in [-0.3, -0.25) is 0 Å². The molecule has 17 rings (SSSR count). The average molecular weight is 965 g/mol. The first kappa shape index (κ1) is 39.8. The predicted molar refractivity (Wildman–Crippen MR) is 312 cm³/mol. The molecule has 6 heterocycles. The van der Waals surface area contributed by atoms with Gasteiger partial charge in [-0.2, -0.15) is 0 Å². The first-order valence-electron chi connectivity index (χ1n) is 24.8. The summed E-state index contributed by atoms with van der Waals surface area (Å²) in [5.74, 6) is 0. The van der Waals surface area contributed by atoms with Crippen LogP contribution in [0.3, 0.4) is 0 Å². The average Bonchev–Trinajstić information content (AvgIpc) is 4.22. The molecule has 0 saturated heterocycles. The zero-order chi connectivity index (χ0) is 47.5. The van der Waals surface area contributed by atoms with Crippen LogP contribution in [0, 0.1) is 0 Å². The number of hydrogen-bond donors (Lipinski definition) is 0. The van der Waals surface area contributed by atoms with Gasteiger partial charge in [-0.05, 0) is 76.0 Å². The first-order chi connectivity index (χ1) is 36.2. The summed E-state index contributed by atoms with van der Waals surface area (Å²) in [6, 6.07) is 82.7. The van der Waals surface area contributed by atoms with Gasteiger partial charge < -0.3 is 18.6 Å². The smallest absolute Gasteiger partial charge is 0.252 e. The Balaban J connectivity index is 1.07. The maximum Gasteiger partial charge on any atom is 0.252 e. The quantitative estimate of drug-likeness (QED) is 0.165. The fourth-order valence-corrected chi connectivity index (χ4v) is 14.8. The number of para-hydroxylation sites is 2. The van der Waals surface area contributed by atoms with E-state index in [1.165, 1.54) is 67.9 Å². The van der Waals surface area contributed by atoms with Gasteiger partial charge >= 0.3 is 0 Å². The maximum absolute atomic E-state index is 6.87. The van der Waals surface area contributed by atoms with Crippen LogP contribution in [0.25, 0.3) is 106 Å². The number of rotatable bonds is 4. The number of fused-ring (bicyclic) bond motifs is 16. The van der Waals surface area contributed by atoms with Crippen LogP contribution < -0.4 is 26.2 Å². The molecule has 0 fully saturated rings. The van der Waals surface area contributed by atoms with Crippen LogP contribution in [-0.2, 0) is 0 Å². The summed E-state index contributed by atoms with van der Waals surface area (Å²) in [6.45, 7) is -0.169. The van der Waals surface area contributed by atoms with E-state index in [1.807, 2.05) is 22.7 Å². The fraction of sp³-hybridized carbons (Fsp3) is 0. The molecule has 0 amide bonds. The minimum absolute atomic E-state index is 0.169. The molecular weight excluding hydrogens is 928 g/mol. The molecule has 0 radical (unpaired) electrons. The maximum atomic E-state index is 6.87. The second-order valence-electron chi connectivity index (χ2n) is 19.4. The van der Waals surface area contributed by atoms with Gasteiger partial charge in [0.1, 0.15) is 22.3 Å². The molecular formula is C66H37BN2O2S2. The molecule has 0 aliphatic carbocycles. The van der Waals surface area contributed by atoms with Crippen molar-refractivity contribution in [1.29, 1.82) is 0 Å². The zero-order valence-corrected chi connectivity index (χ0v) is 40.6. The van der Waals surface area contributed by atoms with E-state index in [2.05, 4.69) is 234 Å². The lowest BCUT2D eigenvalue weighted by molar-refractivity contribution is 0.668. The highest BCUT2D eigenvalue weighted by Crippen LogP contribution is 2.55. The number of nitrogens with zero attached hydrogens (tertiary/aromatic N) is 2. The van der Waals surface area contributed by atoms with E-state index in [4.69, 9.17) is 8.83 Å². The molecule has 338 valence electrons. The summed E-state index contributed by atoms with van der Waals surface area (Å²) in [4.78, 5) is 5.21. The van der Waals surface area contributed by atoms with Crippen molar-refractivity contribution in [1.82, 2.24) is 0 Å². The second kappa shape index (κ2) is 14.8. The van der Waals surface area contributed by atoms with Crippen molar-refractivity contribution < 1.29 is 8.83 Å². The Hall–Kier alpha value is -8.88. The lowest BCUT2D eigenvalue weighted by atomic mass is 9.33. The zero-order valence-electron chi connectivity index (χ0n) is 39.0. The predicted octanol–water partition coefficient (Wildman–Crippen LogP) is 17.6. The van der Waals surface area contributed by atoms with E-state index in [0.29, 0.717) is 0 Å². The Labute approximate surface area is 426 Å². The molecule has 7 heteroatoms. The summed E-state index contributed by atoms with van der Waals surface area (Å²) >= 11 is 3.73. The van der Waals surface area contributed by atoms with Crippen molar-refractivity contribution in [2.45, 2.75) is 0 Å². The van der Waals surface area contributed by atoms with E-state index in [-0.39, 0.29) is 6.71 Å². The number of thiophene rings is 2. The fourth-order valence-electron chi connectivity index (χ4n) is 12.6. The summed E-state index contributed by atoms with van der Waals surface area (Å²) in [5.41, 5.74) is 18.7. The number of benzene rings is 11. The Bertz CT molecular complexity index is 4540. The van der Waals surface area contributed by atoms with Gasteiger partial charge in [0, 0.05) is 108 Å². The van der Waals surface area contributed by atoms with Gasteiger partial charge in [0.05, 0.1) is 11.4 Å². The minimum Gasteiger partial charge on any atom is -0.456 e. The highest BCUT2D eigenvalue weighted by Gasteiger charge is 2.45. The molecule has 4 nitrogen and oxygen atoms in total. The SMILES string of the molecule is c1ccc(-c2ccc3sc4ccccc4c3c2N2c3cc4oc5ccccc5c4cc3B3c4cc5c(cc4N(c4c(-c6ccccc6)ccc6sc7ccccc7c46)c4cccc2c43)oc2ccccc25)cc1. The Kier molecular flexibility index (Phi) is 8.09. The number of hydrogen-bond acceptors (Lipinski definition) is 6. The molecule has 0 saturated carbocycles. The molecule has 11 aromatic carbocycles. The van der Waals surface area contributed by atoms with E-state index in [0.717, 1.165) is 89.1 Å². The number of anilines is 6. The van der Waals surface area contributed by atoms with Crippen molar-refractivity contribution in [3.05, 3.63) is 224 Å². The monoisotopic (exact) mass is 964 g/mol. The minimum atomic E-state index is -0.169. The Morgan fingerprint density at radius 1 is 0.315 bits per heavy atom. The summed E-state index contributed by atoms with van der Waals surface area (Å²) in [5, 5.41) is 9.42. The topological polar surface area (TPSA) is 32.8 Å². The molecule has 73 heavy (non-hydrogen) atoms. The van der Waals surface area contributed by atoms with E-state index in [9.17, 15) is 0 Å². The summed E-state index contributed by atoms with van der Waals surface area (Å²) in [7, 11) is 0. The first-order valence-corrected chi connectivity index (χ1v) is 26.5. The van der Waals surface area contributed by atoms with Crippen LogP contribution in [-0.4, -0.2) is 6.71 Å².